The van der Waals surface area contributed by atoms with Crippen LogP contribution in [0, 0.1) is 0 Å². The Balaban J connectivity index is 1.41. The Hall–Kier alpha value is -3.00. The monoisotopic (exact) mass is 409 g/mol. The Kier molecular flexibility index (Phi) is 5.71. The van der Waals surface area contributed by atoms with Crippen LogP contribution in [0.25, 0.3) is 11.4 Å². The van der Waals surface area contributed by atoms with Gasteiger partial charge in [0.25, 0.3) is 0 Å². The number of amides is 1. The molecule has 1 aliphatic carbocycles. The summed E-state index contributed by atoms with van der Waals surface area (Å²) < 4.78 is 6.76. The highest BCUT2D eigenvalue weighted by Crippen LogP contribution is 2.31. The fraction of sp³-hybridized carbons (Fsp3) is 0.286. The minimum absolute atomic E-state index is 0.0430. The van der Waals surface area contributed by atoms with E-state index in [1.165, 1.54) is 27.6 Å². The minimum Gasteiger partial charge on any atom is -0.496 e. The van der Waals surface area contributed by atoms with Crippen LogP contribution in [0.4, 0.5) is 0 Å². The Morgan fingerprint density at radius 2 is 2.03 bits per heavy atom. The fourth-order valence-electron chi connectivity index (χ4n) is 3.66. The van der Waals surface area contributed by atoms with Crippen LogP contribution in [0.2, 0.25) is 0 Å². The molecule has 1 aliphatic rings. The van der Waals surface area contributed by atoms with E-state index in [1.807, 2.05) is 36.4 Å². The molecule has 150 valence electrons. The lowest BCUT2D eigenvalue weighted by Gasteiger charge is -2.26. The van der Waals surface area contributed by atoms with E-state index >= 15 is 0 Å². The number of methoxy groups -OCH3 is 1. The summed E-state index contributed by atoms with van der Waals surface area (Å²) in [5, 5.41) is 11.9. The van der Waals surface area contributed by atoms with E-state index in [-0.39, 0.29) is 17.7 Å². The molecular formula is C21H23N5O2S. The van der Waals surface area contributed by atoms with E-state index in [9.17, 15) is 4.79 Å². The molecule has 0 unspecified atom stereocenters. The Bertz CT molecular complexity index is 1020. The molecule has 0 saturated carbocycles. The fourth-order valence-corrected chi connectivity index (χ4v) is 4.33. The van der Waals surface area contributed by atoms with Crippen molar-refractivity contribution in [3.05, 3.63) is 59.7 Å². The first-order valence-electron chi connectivity index (χ1n) is 9.51. The molecule has 1 atom stereocenters. The summed E-state index contributed by atoms with van der Waals surface area (Å²) in [6.07, 6.45) is 3.10. The van der Waals surface area contributed by atoms with Crippen molar-refractivity contribution < 1.29 is 9.53 Å². The number of aryl methyl sites for hydroxylation is 1. The van der Waals surface area contributed by atoms with Gasteiger partial charge >= 0.3 is 0 Å². The number of fused-ring (bicyclic) bond motifs is 1. The van der Waals surface area contributed by atoms with Crippen LogP contribution in [0.15, 0.2) is 53.7 Å². The van der Waals surface area contributed by atoms with Crippen molar-refractivity contribution in [2.24, 2.45) is 0 Å². The first-order valence-corrected chi connectivity index (χ1v) is 10.5. The topological polar surface area (TPSA) is 95.1 Å². The maximum atomic E-state index is 12.5. The number of ether oxygens (including phenoxy) is 1. The summed E-state index contributed by atoms with van der Waals surface area (Å²) in [6.45, 7) is 0. The quantitative estimate of drug-likeness (QED) is 0.480. The van der Waals surface area contributed by atoms with Gasteiger partial charge in [-0.15, -0.1) is 10.2 Å². The van der Waals surface area contributed by atoms with Crippen LogP contribution in [0.5, 0.6) is 5.75 Å². The van der Waals surface area contributed by atoms with Crippen LogP contribution >= 0.6 is 11.8 Å². The summed E-state index contributed by atoms with van der Waals surface area (Å²) >= 11 is 1.27. The third kappa shape index (κ3) is 4.07. The lowest BCUT2D eigenvalue weighted by Crippen LogP contribution is -2.32. The molecule has 0 bridgehead atoms. The number of thioether (sulfide) groups is 1. The first-order chi connectivity index (χ1) is 14.2. The molecule has 3 aromatic rings. The average molecular weight is 410 g/mol. The number of rotatable bonds is 6. The van der Waals surface area contributed by atoms with Crippen LogP contribution in [0.3, 0.4) is 0 Å². The number of carbonyl (C=O) groups is 1. The number of aromatic nitrogens is 3. The molecule has 0 spiro atoms. The molecule has 0 saturated heterocycles. The molecular weight excluding hydrogens is 386 g/mol. The summed E-state index contributed by atoms with van der Waals surface area (Å²) in [7, 11) is 1.60. The van der Waals surface area contributed by atoms with Gasteiger partial charge < -0.3 is 15.9 Å². The first kappa shape index (κ1) is 19.3. The lowest BCUT2D eigenvalue weighted by atomic mass is 9.88. The SMILES string of the molecule is COc1ccccc1-c1nnc(SCC(=O)N[C@H]2CCCc3ccccc32)n1N. The molecule has 0 radical (unpaired) electrons. The van der Waals surface area contributed by atoms with Gasteiger partial charge in [-0.3, -0.25) is 4.79 Å². The summed E-state index contributed by atoms with van der Waals surface area (Å²) in [5.74, 6) is 7.51. The Labute approximate surface area is 173 Å². The zero-order chi connectivity index (χ0) is 20.2. The van der Waals surface area contributed by atoms with E-state index in [2.05, 4.69) is 27.6 Å². The van der Waals surface area contributed by atoms with Crippen LogP contribution in [0.1, 0.15) is 30.0 Å². The number of carbonyl (C=O) groups excluding carboxylic acids is 1. The minimum atomic E-state index is -0.0430. The number of hydrogen-bond acceptors (Lipinski definition) is 6. The van der Waals surface area contributed by atoms with Crippen molar-refractivity contribution in [3.63, 3.8) is 0 Å². The Morgan fingerprint density at radius 1 is 1.24 bits per heavy atom. The third-order valence-electron chi connectivity index (χ3n) is 5.05. The number of nitrogens with zero attached hydrogens (tertiary/aromatic N) is 3. The van der Waals surface area contributed by atoms with Crippen LogP contribution in [-0.4, -0.2) is 33.6 Å². The molecule has 1 aromatic heterocycles. The molecule has 4 rings (SSSR count). The van der Waals surface area contributed by atoms with Gasteiger partial charge in [0.05, 0.1) is 24.5 Å². The maximum absolute atomic E-state index is 12.5. The van der Waals surface area contributed by atoms with Gasteiger partial charge in [0.15, 0.2) is 5.82 Å². The maximum Gasteiger partial charge on any atom is 0.230 e. The molecule has 2 aromatic carbocycles. The van der Waals surface area contributed by atoms with E-state index in [1.54, 1.807) is 7.11 Å². The van der Waals surface area contributed by atoms with Gasteiger partial charge in [-0.05, 0) is 42.5 Å². The van der Waals surface area contributed by atoms with Gasteiger partial charge in [-0.2, -0.15) is 0 Å². The van der Waals surface area contributed by atoms with E-state index in [0.29, 0.717) is 16.7 Å². The molecule has 0 fully saturated rings. The van der Waals surface area contributed by atoms with E-state index in [4.69, 9.17) is 10.6 Å². The van der Waals surface area contributed by atoms with Crippen molar-refractivity contribution >= 4 is 17.7 Å². The highest BCUT2D eigenvalue weighted by atomic mass is 32.2. The predicted octanol–water partition coefficient (Wildman–Crippen LogP) is 2.95. The smallest absolute Gasteiger partial charge is 0.230 e. The van der Waals surface area contributed by atoms with Gasteiger partial charge in [0.2, 0.25) is 11.1 Å². The summed E-state index contributed by atoms with van der Waals surface area (Å²) in [6, 6.07) is 15.8. The average Bonchev–Trinajstić information content (AvgIpc) is 3.12. The normalized spacial score (nSPS) is 15.6. The number of nitrogens with two attached hydrogens (primary N) is 1. The predicted molar refractivity (Wildman–Crippen MR) is 113 cm³/mol. The van der Waals surface area contributed by atoms with Gasteiger partial charge in [0.1, 0.15) is 5.75 Å². The molecule has 1 amide bonds. The number of para-hydroxylation sites is 1. The molecule has 8 heteroatoms. The summed E-state index contributed by atoms with van der Waals surface area (Å²) in [5.41, 5.74) is 3.29. The van der Waals surface area contributed by atoms with Gasteiger partial charge in [0, 0.05) is 0 Å². The molecule has 1 heterocycles. The van der Waals surface area contributed by atoms with Crippen molar-refractivity contribution in [2.45, 2.75) is 30.5 Å². The largest absolute Gasteiger partial charge is 0.496 e. The number of benzene rings is 2. The standard InChI is InChI=1S/C21H23N5O2S/c1-28-18-12-5-4-10-16(18)20-24-25-21(26(20)22)29-13-19(27)23-17-11-6-8-14-7-2-3-9-15(14)17/h2-5,7,9-10,12,17H,6,8,11,13,22H2,1H3,(H,23,27)/t17-/m0/s1. The van der Waals surface area contributed by atoms with Crippen molar-refractivity contribution in [1.29, 1.82) is 0 Å². The van der Waals surface area contributed by atoms with Crippen molar-refractivity contribution in [2.75, 3.05) is 18.7 Å². The van der Waals surface area contributed by atoms with Gasteiger partial charge in [-0.25, -0.2) is 4.68 Å². The van der Waals surface area contributed by atoms with Crippen molar-refractivity contribution in [1.82, 2.24) is 20.2 Å². The third-order valence-corrected chi connectivity index (χ3v) is 5.99. The number of hydrogen-bond donors (Lipinski definition) is 2. The molecule has 29 heavy (non-hydrogen) atoms. The zero-order valence-electron chi connectivity index (χ0n) is 16.2. The Morgan fingerprint density at radius 3 is 2.90 bits per heavy atom. The van der Waals surface area contributed by atoms with Crippen LogP contribution < -0.4 is 15.9 Å². The number of nitrogen functional groups attached to an aromatic ring is 1. The highest BCUT2D eigenvalue weighted by Gasteiger charge is 2.22. The highest BCUT2D eigenvalue weighted by molar-refractivity contribution is 7.99. The van der Waals surface area contributed by atoms with Crippen molar-refractivity contribution in [3.8, 4) is 17.1 Å². The van der Waals surface area contributed by atoms with Crippen LogP contribution in [-0.2, 0) is 11.2 Å². The zero-order valence-corrected chi connectivity index (χ0v) is 17.0. The molecule has 3 N–H and O–H groups in total. The second kappa shape index (κ2) is 8.57. The summed E-state index contributed by atoms with van der Waals surface area (Å²) in [4.78, 5) is 12.5. The number of nitrogens with one attached hydrogen (secondary N) is 1. The lowest BCUT2D eigenvalue weighted by molar-refractivity contribution is -0.119. The molecule has 7 nitrogen and oxygen atoms in total. The van der Waals surface area contributed by atoms with E-state index < -0.39 is 0 Å². The van der Waals surface area contributed by atoms with E-state index in [0.717, 1.165) is 24.8 Å². The van der Waals surface area contributed by atoms with Gasteiger partial charge in [-0.1, -0.05) is 48.2 Å². The second-order valence-electron chi connectivity index (χ2n) is 6.88. The second-order valence-corrected chi connectivity index (χ2v) is 7.82. The molecule has 0 aliphatic heterocycles.